The van der Waals surface area contributed by atoms with E-state index < -0.39 is 17.5 Å². The van der Waals surface area contributed by atoms with Crippen molar-refractivity contribution in [1.29, 1.82) is 0 Å². The summed E-state index contributed by atoms with van der Waals surface area (Å²) in [7, 11) is 1.39. The second kappa shape index (κ2) is 12.7. The zero-order valence-electron chi connectivity index (χ0n) is 19.5. The Balaban J connectivity index is 0.00000199. The van der Waals surface area contributed by atoms with Crippen molar-refractivity contribution in [2.75, 3.05) is 13.7 Å². The van der Waals surface area contributed by atoms with E-state index in [9.17, 15) is 18.3 Å². The minimum atomic E-state index is -0.880. The maximum atomic E-state index is 14.9. The van der Waals surface area contributed by atoms with Gasteiger partial charge in [0, 0.05) is 11.6 Å². The molecule has 1 saturated carbocycles. The molecule has 1 aliphatic rings. The van der Waals surface area contributed by atoms with Gasteiger partial charge >= 0.3 is 0 Å². The fourth-order valence-electron chi connectivity index (χ4n) is 3.95. The van der Waals surface area contributed by atoms with Gasteiger partial charge in [-0.1, -0.05) is 37.4 Å². The predicted molar refractivity (Wildman–Crippen MR) is 130 cm³/mol. The van der Waals surface area contributed by atoms with E-state index in [4.69, 9.17) is 9.47 Å². The number of phenols is 1. The van der Waals surface area contributed by atoms with Crippen LogP contribution < -0.4 is 0 Å². The Bertz CT molecular complexity index is 1020. The molecule has 1 aliphatic carbocycles. The van der Waals surface area contributed by atoms with Crippen molar-refractivity contribution >= 4 is 0 Å². The zero-order valence-corrected chi connectivity index (χ0v) is 19.5. The normalized spacial score (nSPS) is 17.8. The fraction of sp³-hybridized carbons (Fsp3) is 0.286. The van der Waals surface area contributed by atoms with Crippen LogP contribution in [-0.4, -0.2) is 18.8 Å². The van der Waals surface area contributed by atoms with E-state index in [-0.39, 0.29) is 34.7 Å². The number of allylic oxidation sites excluding steroid dienone is 2. The number of rotatable bonds is 8. The van der Waals surface area contributed by atoms with Crippen LogP contribution in [0.1, 0.15) is 37.2 Å². The van der Waals surface area contributed by atoms with Crippen LogP contribution in [0.15, 0.2) is 86.1 Å². The summed E-state index contributed by atoms with van der Waals surface area (Å²) < 4.78 is 53.8. The lowest BCUT2D eigenvalue weighted by atomic mass is 9.78. The van der Waals surface area contributed by atoms with E-state index in [0.717, 1.165) is 18.9 Å². The second-order valence-electron chi connectivity index (χ2n) is 7.99. The highest BCUT2D eigenvalue weighted by atomic mass is 19.2. The van der Waals surface area contributed by atoms with Crippen molar-refractivity contribution in [3.8, 4) is 16.9 Å². The molecular weight excluding hydrogens is 441 g/mol. The fourth-order valence-corrected chi connectivity index (χ4v) is 3.95. The number of methoxy groups -OCH3 is 1. The molecule has 0 aromatic heterocycles. The first-order valence-electron chi connectivity index (χ1n) is 11.0. The number of hydrogen-bond acceptors (Lipinski definition) is 3. The number of benzene rings is 2. The predicted octanol–water partition coefficient (Wildman–Crippen LogP) is 7.96. The minimum absolute atomic E-state index is 0.0646. The molecule has 3 rings (SSSR count). The van der Waals surface area contributed by atoms with Gasteiger partial charge in [0.2, 0.25) is 0 Å². The molecule has 1 fully saturated rings. The Hall–Kier alpha value is -3.41. The van der Waals surface area contributed by atoms with Gasteiger partial charge in [0.15, 0.2) is 17.5 Å². The third-order valence-corrected chi connectivity index (χ3v) is 5.89. The van der Waals surface area contributed by atoms with Crippen LogP contribution in [0.2, 0.25) is 0 Å². The van der Waals surface area contributed by atoms with Gasteiger partial charge in [0.25, 0.3) is 0 Å². The second-order valence-corrected chi connectivity index (χ2v) is 7.99. The number of halogens is 3. The first-order valence-corrected chi connectivity index (χ1v) is 11.0. The van der Waals surface area contributed by atoms with Gasteiger partial charge in [-0.25, -0.2) is 13.2 Å². The smallest absolute Gasteiger partial charge is 0.168 e. The van der Waals surface area contributed by atoms with E-state index in [1.54, 1.807) is 24.3 Å². The van der Waals surface area contributed by atoms with Crippen LogP contribution in [0.3, 0.4) is 0 Å². The summed E-state index contributed by atoms with van der Waals surface area (Å²) in [6.07, 6.45) is 4.00. The van der Waals surface area contributed by atoms with Crippen molar-refractivity contribution in [1.82, 2.24) is 0 Å². The lowest BCUT2D eigenvalue weighted by molar-refractivity contribution is 0.136. The van der Waals surface area contributed by atoms with Crippen LogP contribution in [0, 0.1) is 17.6 Å². The highest BCUT2D eigenvalue weighted by molar-refractivity contribution is 5.65. The van der Waals surface area contributed by atoms with E-state index in [2.05, 4.69) is 26.3 Å². The Morgan fingerprint density at radius 1 is 1.00 bits per heavy atom. The first-order chi connectivity index (χ1) is 16.3. The summed E-state index contributed by atoms with van der Waals surface area (Å²) in [6.45, 7) is 13.4. The molecular formula is C28H31F3O3. The molecule has 34 heavy (non-hydrogen) atoms. The van der Waals surface area contributed by atoms with Gasteiger partial charge in [-0.3, -0.25) is 0 Å². The highest BCUT2D eigenvalue weighted by Crippen LogP contribution is 2.39. The lowest BCUT2D eigenvalue weighted by Crippen LogP contribution is -2.19. The molecule has 0 spiro atoms. The summed E-state index contributed by atoms with van der Waals surface area (Å²) in [5.41, 5.74) is 1.04. The molecule has 2 aromatic carbocycles. The molecule has 6 heteroatoms. The van der Waals surface area contributed by atoms with E-state index in [1.165, 1.54) is 19.2 Å². The third-order valence-electron chi connectivity index (χ3n) is 5.89. The van der Waals surface area contributed by atoms with Crippen LogP contribution in [0.25, 0.3) is 11.1 Å². The van der Waals surface area contributed by atoms with Gasteiger partial charge in [-0.15, -0.1) is 13.2 Å². The molecule has 0 bridgehead atoms. The molecule has 0 heterocycles. The number of phenolic OH excluding ortho intramolecular Hbond substituents is 1. The number of ether oxygens (including phenoxy) is 2. The molecule has 0 atom stereocenters. The van der Waals surface area contributed by atoms with Gasteiger partial charge in [-0.05, 0) is 60.8 Å². The minimum Gasteiger partial charge on any atom is -0.508 e. The van der Waals surface area contributed by atoms with Crippen LogP contribution in [0.4, 0.5) is 13.2 Å². The monoisotopic (exact) mass is 472 g/mol. The average Bonchev–Trinajstić information content (AvgIpc) is 2.86. The Morgan fingerprint density at radius 3 is 2.21 bits per heavy atom. The summed E-state index contributed by atoms with van der Waals surface area (Å²) in [5, 5.41) is 9.39. The maximum Gasteiger partial charge on any atom is 0.168 e. The maximum absolute atomic E-state index is 14.9. The molecule has 2 aromatic rings. The Labute approximate surface area is 199 Å². The summed E-state index contributed by atoms with van der Waals surface area (Å²) >= 11 is 0. The van der Waals surface area contributed by atoms with Crippen molar-refractivity contribution in [2.45, 2.75) is 31.6 Å². The molecule has 1 N–H and O–H groups in total. The zero-order chi connectivity index (χ0) is 25.3. The largest absolute Gasteiger partial charge is 0.508 e. The lowest BCUT2D eigenvalue weighted by Gasteiger charge is -2.29. The summed E-state index contributed by atoms with van der Waals surface area (Å²) in [5.74, 6) is -2.09. The molecule has 0 saturated heterocycles. The standard InChI is InChI=1S/C26H27F3O3.C2H4/c1-16(31-3)14-24(27)17(2)32-15-18-4-6-19(7-5-18)22-12-13-23(26(29)25(22)28)20-8-10-21(30)11-9-20;1-2/h8-14,18-19,30H,1-2,4-7,15H2,3H3;1-2H2/b24-14+;. The number of hydrogen-bond donors (Lipinski definition) is 1. The van der Waals surface area contributed by atoms with Gasteiger partial charge < -0.3 is 14.6 Å². The van der Waals surface area contributed by atoms with Gasteiger partial charge in [0.1, 0.15) is 17.3 Å². The average molecular weight is 473 g/mol. The third kappa shape index (κ3) is 6.80. The first kappa shape index (κ1) is 26.8. The summed E-state index contributed by atoms with van der Waals surface area (Å²) in [4.78, 5) is 0. The SMILES string of the molecule is C=C.C=C(/C=C(/F)C(=C)OCC1CCC(c2ccc(-c3ccc(O)cc3)c(F)c2F)CC1)OC. The van der Waals surface area contributed by atoms with Crippen molar-refractivity contribution in [3.05, 3.63) is 103 Å². The molecule has 0 unspecified atom stereocenters. The van der Waals surface area contributed by atoms with Gasteiger partial charge in [0.05, 0.1) is 13.7 Å². The quantitative estimate of drug-likeness (QED) is 0.241. The van der Waals surface area contributed by atoms with Crippen molar-refractivity contribution < 1.29 is 27.8 Å². The van der Waals surface area contributed by atoms with Crippen molar-refractivity contribution in [2.24, 2.45) is 5.92 Å². The molecule has 182 valence electrons. The molecule has 3 nitrogen and oxygen atoms in total. The summed E-state index contributed by atoms with van der Waals surface area (Å²) in [6, 6.07) is 9.21. The van der Waals surface area contributed by atoms with Crippen LogP contribution >= 0.6 is 0 Å². The van der Waals surface area contributed by atoms with E-state index in [0.29, 0.717) is 30.6 Å². The van der Waals surface area contributed by atoms with E-state index in [1.807, 2.05) is 0 Å². The van der Waals surface area contributed by atoms with E-state index >= 15 is 0 Å². The Kier molecular flexibility index (Phi) is 10.0. The molecule has 0 amide bonds. The van der Waals surface area contributed by atoms with Gasteiger partial charge in [-0.2, -0.15) is 0 Å². The topological polar surface area (TPSA) is 38.7 Å². The van der Waals surface area contributed by atoms with Crippen LogP contribution in [-0.2, 0) is 9.47 Å². The molecule has 0 aliphatic heterocycles. The Morgan fingerprint density at radius 2 is 1.62 bits per heavy atom. The number of aromatic hydroxyl groups is 1. The highest BCUT2D eigenvalue weighted by Gasteiger charge is 2.27. The van der Waals surface area contributed by atoms with Crippen LogP contribution in [0.5, 0.6) is 5.75 Å². The van der Waals surface area contributed by atoms with Crippen molar-refractivity contribution in [3.63, 3.8) is 0 Å². The molecule has 0 radical (unpaired) electrons.